The molecule has 2 rings (SSSR count). The maximum atomic E-state index is 3.60. The molecule has 1 saturated carbocycles. The Hall–Kier alpha value is -1.30. The Kier molecular flexibility index (Phi) is 6.32. The number of allylic oxidation sites excluding steroid dienone is 2. The lowest BCUT2D eigenvalue weighted by molar-refractivity contribution is 0.816. The van der Waals surface area contributed by atoms with E-state index in [4.69, 9.17) is 0 Å². The first-order valence-electron chi connectivity index (χ1n) is 6.22. The molecule has 1 fully saturated rings. The second kappa shape index (κ2) is 7.92. The first-order valence-corrected chi connectivity index (χ1v) is 6.22. The van der Waals surface area contributed by atoms with Crippen LogP contribution in [0.15, 0.2) is 48.6 Å². The van der Waals surface area contributed by atoms with Crippen LogP contribution in [-0.2, 0) is 0 Å². The summed E-state index contributed by atoms with van der Waals surface area (Å²) in [6.07, 6.45) is 10.6. The van der Waals surface area contributed by atoms with Crippen molar-refractivity contribution in [3.05, 3.63) is 54.1 Å². The minimum atomic E-state index is 1.18. The molecule has 1 aromatic rings. The predicted molar refractivity (Wildman–Crippen MR) is 73.4 cm³/mol. The lowest BCUT2D eigenvalue weighted by atomic mass is 10.2. The standard InChI is InChI=1S/C10H10.C6H12/c1-2-4-9(5-3-1)8-10-6-7-10;1-3-5-6-4-2/h1-5,8H,6-7H2;3H,1,4-6H2,2H3. The van der Waals surface area contributed by atoms with Crippen molar-refractivity contribution >= 4 is 6.08 Å². The van der Waals surface area contributed by atoms with Gasteiger partial charge in [0, 0.05) is 0 Å². The van der Waals surface area contributed by atoms with Gasteiger partial charge in [0.05, 0.1) is 0 Å². The van der Waals surface area contributed by atoms with Crippen LogP contribution in [0.4, 0.5) is 0 Å². The van der Waals surface area contributed by atoms with E-state index in [0.717, 1.165) is 0 Å². The van der Waals surface area contributed by atoms with Crippen molar-refractivity contribution in [3.63, 3.8) is 0 Å². The lowest BCUT2D eigenvalue weighted by Gasteiger charge is -1.87. The number of hydrogen-bond acceptors (Lipinski definition) is 0. The Balaban J connectivity index is 0.000000187. The first-order chi connectivity index (χ1) is 7.86. The Morgan fingerprint density at radius 3 is 2.31 bits per heavy atom. The van der Waals surface area contributed by atoms with Crippen molar-refractivity contribution in [3.8, 4) is 0 Å². The maximum Gasteiger partial charge on any atom is -0.0257 e. The molecule has 1 aliphatic rings. The number of unbranched alkanes of at least 4 members (excludes halogenated alkanes) is 2. The van der Waals surface area contributed by atoms with Crippen LogP contribution in [0.1, 0.15) is 44.6 Å². The minimum Gasteiger partial charge on any atom is -0.103 e. The minimum absolute atomic E-state index is 1.18. The van der Waals surface area contributed by atoms with Gasteiger partial charge in [0.15, 0.2) is 0 Å². The van der Waals surface area contributed by atoms with E-state index >= 15 is 0 Å². The van der Waals surface area contributed by atoms with Gasteiger partial charge >= 0.3 is 0 Å². The topological polar surface area (TPSA) is 0 Å². The normalized spacial score (nSPS) is 12.4. The highest BCUT2D eigenvalue weighted by Gasteiger charge is 2.09. The average Bonchev–Trinajstić information content (AvgIpc) is 3.12. The van der Waals surface area contributed by atoms with E-state index in [1.165, 1.54) is 37.7 Å². The zero-order chi connectivity index (χ0) is 11.6. The summed E-state index contributed by atoms with van der Waals surface area (Å²) in [6.45, 7) is 5.78. The fraction of sp³-hybridized carbons (Fsp3) is 0.375. The smallest absolute Gasteiger partial charge is 0.0257 e. The quantitative estimate of drug-likeness (QED) is 0.476. The summed E-state index contributed by atoms with van der Waals surface area (Å²) in [5.41, 5.74) is 2.93. The van der Waals surface area contributed by atoms with Crippen LogP contribution in [0.5, 0.6) is 0 Å². The second-order valence-electron chi connectivity index (χ2n) is 4.14. The molecule has 0 nitrogen and oxygen atoms in total. The molecule has 0 atom stereocenters. The van der Waals surface area contributed by atoms with Gasteiger partial charge < -0.3 is 0 Å². The molecule has 1 aliphatic carbocycles. The van der Waals surface area contributed by atoms with Crippen molar-refractivity contribution in [2.45, 2.75) is 39.0 Å². The van der Waals surface area contributed by atoms with Gasteiger partial charge in [0.2, 0.25) is 0 Å². The van der Waals surface area contributed by atoms with Gasteiger partial charge in [-0.3, -0.25) is 0 Å². The van der Waals surface area contributed by atoms with Gasteiger partial charge in [-0.1, -0.05) is 67.8 Å². The summed E-state index contributed by atoms with van der Waals surface area (Å²) in [5.74, 6) is 0. The van der Waals surface area contributed by atoms with Gasteiger partial charge in [-0.15, -0.1) is 6.58 Å². The van der Waals surface area contributed by atoms with Gasteiger partial charge in [-0.25, -0.2) is 0 Å². The molecule has 0 heterocycles. The summed E-state index contributed by atoms with van der Waals surface area (Å²) in [5, 5.41) is 0. The van der Waals surface area contributed by atoms with Crippen molar-refractivity contribution in [2.24, 2.45) is 0 Å². The zero-order valence-corrected chi connectivity index (χ0v) is 10.3. The monoisotopic (exact) mass is 214 g/mol. The number of benzene rings is 1. The molecule has 0 amide bonds. The second-order valence-corrected chi connectivity index (χ2v) is 4.14. The Bertz CT molecular complexity index is 313. The van der Waals surface area contributed by atoms with E-state index < -0.39 is 0 Å². The summed E-state index contributed by atoms with van der Waals surface area (Å²) < 4.78 is 0. The van der Waals surface area contributed by atoms with Gasteiger partial charge in [0.25, 0.3) is 0 Å². The largest absolute Gasteiger partial charge is 0.103 e. The molecule has 1 aromatic carbocycles. The van der Waals surface area contributed by atoms with E-state index in [-0.39, 0.29) is 0 Å². The zero-order valence-electron chi connectivity index (χ0n) is 10.3. The van der Waals surface area contributed by atoms with Crippen molar-refractivity contribution in [1.82, 2.24) is 0 Å². The molecule has 86 valence electrons. The van der Waals surface area contributed by atoms with Crippen LogP contribution >= 0.6 is 0 Å². The fourth-order valence-electron chi connectivity index (χ4n) is 1.35. The molecular formula is C16H22. The molecule has 0 aromatic heterocycles. The van der Waals surface area contributed by atoms with E-state index in [1.54, 1.807) is 5.57 Å². The van der Waals surface area contributed by atoms with E-state index in [1.807, 2.05) is 6.08 Å². The van der Waals surface area contributed by atoms with Crippen LogP contribution < -0.4 is 0 Å². The third-order valence-electron chi connectivity index (χ3n) is 2.47. The van der Waals surface area contributed by atoms with Crippen LogP contribution in [0.25, 0.3) is 6.08 Å². The van der Waals surface area contributed by atoms with Crippen LogP contribution in [-0.4, -0.2) is 0 Å². The van der Waals surface area contributed by atoms with E-state index in [9.17, 15) is 0 Å². The van der Waals surface area contributed by atoms with E-state index in [2.05, 4.69) is 49.9 Å². The summed E-state index contributed by atoms with van der Waals surface area (Å²) >= 11 is 0. The molecular weight excluding hydrogens is 192 g/mol. The lowest BCUT2D eigenvalue weighted by Crippen LogP contribution is -1.66. The first kappa shape index (κ1) is 12.8. The maximum absolute atomic E-state index is 3.60. The van der Waals surface area contributed by atoms with E-state index in [0.29, 0.717) is 0 Å². The highest BCUT2D eigenvalue weighted by Crippen LogP contribution is 2.29. The SMILES string of the molecule is C(=C1CC1)c1ccccc1.C=CCCCC. The van der Waals surface area contributed by atoms with Gasteiger partial charge in [0.1, 0.15) is 0 Å². The highest BCUT2D eigenvalue weighted by molar-refractivity contribution is 5.55. The molecule has 0 spiro atoms. The molecule has 0 N–H and O–H groups in total. The number of rotatable bonds is 4. The molecule has 0 bridgehead atoms. The highest BCUT2D eigenvalue weighted by atomic mass is 14.1. The Morgan fingerprint density at radius 2 is 1.88 bits per heavy atom. The number of hydrogen-bond donors (Lipinski definition) is 0. The van der Waals surface area contributed by atoms with Crippen LogP contribution in [0, 0.1) is 0 Å². The third-order valence-corrected chi connectivity index (χ3v) is 2.47. The van der Waals surface area contributed by atoms with Crippen molar-refractivity contribution < 1.29 is 0 Å². The van der Waals surface area contributed by atoms with Crippen molar-refractivity contribution in [2.75, 3.05) is 0 Å². The molecule has 0 heteroatoms. The van der Waals surface area contributed by atoms with Gasteiger partial charge in [-0.05, 0) is 24.8 Å². The average molecular weight is 214 g/mol. The molecule has 0 saturated heterocycles. The van der Waals surface area contributed by atoms with Crippen molar-refractivity contribution in [1.29, 1.82) is 0 Å². The molecule has 0 radical (unpaired) electrons. The Labute approximate surface area is 99.7 Å². The third kappa shape index (κ3) is 6.23. The summed E-state index contributed by atoms with van der Waals surface area (Å²) in [6, 6.07) is 10.5. The molecule has 0 aliphatic heterocycles. The fourth-order valence-corrected chi connectivity index (χ4v) is 1.35. The predicted octanol–water partition coefficient (Wildman–Crippen LogP) is 5.23. The van der Waals surface area contributed by atoms with Gasteiger partial charge in [-0.2, -0.15) is 0 Å². The molecule has 16 heavy (non-hydrogen) atoms. The summed E-state index contributed by atoms with van der Waals surface area (Å²) in [7, 11) is 0. The van der Waals surface area contributed by atoms with Crippen LogP contribution in [0.3, 0.4) is 0 Å². The Morgan fingerprint density at radius 1 is 1.19 bits per heavy atom. The summed E-state index contributed by atoms with van der Waals surface area (Å²) in [4.78, 5) is 0. The van der Waals surface area contributed by atoms with Crippen LogP contribution in [0.2, 0.25) is 0 Å². The molecule has 0 unspecified atom stereocenters.